The van der Waals surface area contributed by atoms with E-state index in [0.717, 1.165) is 24.7 Å². The minimum absolute atomic E-state index is 0.175. The van der Waals surface area contributed by atoms with Crippen LogP contribution in [-0.4, -0.2) is 5.97 Å². The number of unbranched alkanes of at least 4 members (excludes halogenated alkanes) is 3. The standard InChI is InChI=1S/C23H33NO2/c1-2-3-7-19-10-12-20(13-11-19)8-5-4-6-9-23(25)26-22-16-14-21(18-24)15-17-22/h14-17,19-20H,2-13H2,1H3. The van der Waals surface area contributed by atoms with Crippen LogP contribution in [0, 0.1) is 23.2 Å². The molecule has 3 heteroatoms. The van der Waals surface area contributed by atoms with Gasteiger partial charge in [0.05, 0.1) is 11.6 Å². The Bertz CT molecular complexity index is 565. The van der Waals surface area contributed by atoms with Crippen molar-refractivity contribution in [2.24, 2.45) is 11.8 Å². The van der Waals surface area contributed by atoms with Crippen LogP contribution >= 0.6 is 0 Å². The van der Waals surface area contributed by atoms with Gasteiger partial charge in [-0.3, -0.25) is 4.79 Å². The molecule has 0 aliphatic heterocycles. The predicted molar refractivity (Wildman–Crippen MR) is 105 cm³/mol. The summed E-state index contributed by atoms with van der Waals surface area (Å²) in [5.74, 6) is 2.25. The summed E-state index contributed by atoms with van der Waals surface area (Å²) in [7, 11) is 0. The summed E-state index contributed by atoms with van der Waals surface area (Å²) in [5, 5.41) is 8.76. The molecule has 0 bridgehead atoms. The molecule has 0 atom stereocenters. The Morgan fingerprint density at radius 1 is 1.00 bits per heavy atom. The van der Waals surface area contributed by atoms with E-state index in [1.165, 1.54) is 57.8 Å². The van der Waals surface area contributed by atoms with Gasteiger partial charge in [-0.15, -0.1) is 0 Å². The van der Waals surface area contributed by atoms with E-state index in [9.17, 15) is 4.79 Å². The SMILES string of the molecule is CCCCC1CCC(CCCCCC(=O)Oc2ccc(C#N)cc2)CC1. The van der Waals surface area contributed by atoms with Crippen molar-refractivity contribution in [3.63, 3.8) is 0 Å². The van der Waals surface area contributed by atoms with Gasteiger partial charge in [0.15, 0.2) is 0 Å². The van der Waals surface area contributed by atoms with Crippen LogP contribution in [0.2, 0.25) is 0 Å². The summed E-state index contributed by atoms with van der Waals surface area (Å²) in [6, 6.07) is 8.73. The maximum atomic E-state index is 11.9. The molecule has 0 saturated heterocycles. The molecule has 0 amide bonds. The second kappa shape index (κ2) is 11.7. The van der Waals surface area contributed by atoms with Gasteiger partial charge in [-0.2, -0.15) is 5.26 Å². The number of carbonyl (C=O) groups is 1. The van der Waals surface area contributed by atoms with Crippen molar-refractivity contribution in [1.82, 2.24) is 0 Å². The fourth-order valence-corrected chi connectivity index (χ4v) is 3.96. The lowest BCUT2D eigenvalue weighted by Gasteiger charge is -2.28. The molecule has 1 aromatic rings. The second-order valence-corrected chi connectivity index (χ2v) is 7.74. The first-order valence-electron chi connectivity index (χ1n) is 10.4. The highest BCUT2D eigenvalue weighted by molar-refractivity contribution is 5.72. The number of carbonyl (C=O) groups excluding carboxylic acids is 1. The smallest absolute Gasteiger partial charge is 0.311 e. The fourth-order valence-electron chi connectivity index (χ4n) is 3.96. The highest BCUT2D eigenvalue weighted by Crippen LogP contribution is 2.34. The van der Waals surface area contributed by atoms with Gasteiger partial charge in [-0.1, -0.05) is 71.1 Å². The first-order valence-corrected chi connectivity index (χ1v) is 10.4. The summed E-state index contributed by atoms with van der Waals surface area (Å²) in [6.07, 6.45) is 14.9. The van der Waals surface area contributed by atoms with Gasteiger partial charge in [-0.05, 0) is 42.5 Å². The van der Waals surface area contributed by atoms with Crippen molar-refractivity contribution in [2.45, 2.75) is 84.0 Å². The Hall–Kier alpha value is -1.82. The van der Waals surface area contributed by atoms with E-state index >= 15 is 0 Å². The third-order valence-electron chi connectivity index (χ3n) is 5.64. The molecule has 1 aliphatic rings. The van der Waals surface area contributed by atoms with E-state index in [1.54, 1.807) is 24.3 Å². The average Bonchev–Trinajstić information content (AvgIpc) is 2.67. The third-order valence-corrected chi connectivity index (χ3v) is 5.64. The van der Waals surface area contributed by atoms with Crippen LogP contribution in [-0.2, 0) is 4.79 Å². The van der Waals surface area contributed by atoms with Crippen molar-refractivity contribution in [1.29, 1.82) is 5.26 Å². The minimum atomic E-state index is -0.175. The average molecular weight is 356 g/mol. The third kappa shape index (κ3) is 7.60. The molecule has 3 nitrogen and oxygen atoms in total. The van der Waals surface area contributed by atoms with E-state index in [-0.39, 0.29) is 5.97 Å². The van der Waals surface area contributed by atoms with Crippen LogP contribution in [0.15, 0.2) is 24.3 Å². The molecule has 1 aliphatic carbocycles. The molecular formula is C23H33NO2. The Balaban J connectivity index is 1.51. The van der Waals surface area contributed by atoms with Crippen LogP contribution in [0.1, 0.15) is 89.5 Å². The van der Waals surface area contributed by atoms with Crippen molar-refractivity contribution in [3.8, 4) is 11.8 Å². The van der Waals surface area contributed by atoms with Crippen molar-refractivity contribution >= 4 is 5.97 Å². The van der Waals surface area contributed by atoms with Gasteiger partial charge < -0.3 is 4.74 Å². The minimum Gasteiger partial charge on any atom is -0.427 e. The van der Waals surface area contributed by atoms with Crippen LogP contribution in [0.5, 0.6) is 5.75 Å². The summed E-state index contributed by atoms with van der Waals surface area (Å²) < 4.78 is 5.31. The monoisotopic (exact) mass is 355 g/mol. The van der Waals surface area contributed by atoms with E-state index in [0.29, 0.717) is 17.7 Å². The molecule has 0 N–H and O–H groups in total. The summed E-state index contributed by atoms with van der Waals surface area (Å²) in [5.41, 5.74) is 0.573. The molecule has 0 unspecified atom stereocenters. The van der Waals surface area contributed by atoms with Gasteiger partial charge in [0.2, 0.25) is 0 Å². The highest BCUT2D eigenvalue weighted by atomic mass is 16.5. The van der Waals surface area contributed by atoms with E-state index < -0.39 is 0 Å². The Kier molecular flexibility index (Phi) is 9.24. The topological polar surface area (TPSA) is 50.1 Å². The van der Waals surface area contributed by atoms with Gasteiger partial charge in [0.1, 0.15) is 5.75 Å². The molecule has 1 aromatic carbocycles. The van der Waals surface area contributed by atoms with E-state index in [2.05, 4.69) is 13.0 Å². The van der Waals surface area contributed by atoms with Gasteiger partial charge in [0.25, 0.3) is 0 Å². The maximum Gasteiger partial charge on any atom is 0.311 e. The number of nitriles is 1. The predicted octanol–water partition coefficient (Wildman–Crippen LogP) is 6.41. The molecule has 0 spiro atoms. The first kappa shape index (κ1) is 20.5. The molecular weight excluding hydrogens is 322 g/mol. The number of benzene rings is 1. The quantitative estimate of drug-likeness (QED) is 0.277. The maximum absolute atomic E-state index is 11.9. The van der Waals surface area contributed by atoms with Gasteiger partial charge >= 0.3 is 5.97 Å². The largest absolute Gasteiger partial charge is 0.427 e. The van der Waals surface area contributed by atoms with Crippen LogP contribution in [0.4, 0.5) is 0 Å². The lowest BCUT2D eigenvalue weighted by molar-refractivity contribution is -0.134. The second-order valence-electron chi connectivity index (χ2n) is 7.74. The zero-order chi connectivity index (χ0) is 18.6. The summed E-state index contributed by atoms with van der Waals surface area (Å²) >= 11 is 0. The summed E-state index contributed by atoms with van der Waals surface area (Å²) in [6.45, 7) is 2.28. The normalized spacial score (nSPS) is 19.7. The molecule has 0 radical (unpaired) electrons. The Morgan fingerprint density at radius 2 is 1.62 bits per heavy atom. The molecule has 2 rings (SSSR count). The Morgan fingerprint density at radius 3 is 2.19 bits per heavy atom. The van der Waals surface area contributed by atoms with Crippen molar-refractivity contribution < 1.29 is 9.53 Å². The summed E-state index contributed by atoms with van der Waals surface area (Å²) in [4.78, 5) is 11.9. The number of nitrogens with zero attached hydrogens (tertiary/aromatic N) is 1. The molecule has 26 heavy (non-hydrogen) atoms. The number of ether oxygens (including phenoxy) is 1. The molecule has 0 heterocycles. The molecule has 1 fully saturated rings. The first-order chi connectivity index (χ1) is 12.7. The van der Waals surface area contributed by atoms with E-state index in [1.807, 2.05) is 0 Å². The number of esters is 1. The van der Waals surface area contributed by atoms with Crippen molar-refractivity contribution in [2.75, 3.05) is 0 Å². The zero-order valence-electron chi connectivity index (χ0n) is 16.2. The molecule has 142 valence electrons. The van der Waals surface area contributed by atoms with Crippen LogP contribution < -0.4 is 4.74 Å². The van der Waals surface area contributed by atoms with Gasteiger partial charge in [-0.25, -0.2) is 0 Å². The van der Waals surface area contributed by atoms with Gasteiger partial charge in [0, 0.05) is 6.42 Å². The van der Waals surface area contributed by atoms with Crippen LogP contribution in [0.3, 0.4) is 0 Å². The zero-order valence-corrected chi connectivity index (χ0v) is 16.2. The highest BCUT2D eigenvalue weighted by Gasteiger charge is 2.20. The number of hydrogen-bond acceptors (Lipinski definition) is 3. The number of hydrogen-bond donors (Lipinski definition) is 0. The fraction of sp³-hybridized carbons (Fsp3) is 0.652. The lowest BCUT2D eigenvalue weighted by atomic mass is 9.78. The van der Waals surface area contributed by atoms with E-state index in [4.69, 9.17) is 10.00 Å². The Labute approximate surface area is 158 Å². The number of rotatable bonds is 10. The molecule has 0 aromatic heterocycles. The van der Waals surface area contributed by atoms with Crippen LogP contribution in [0.25, 0.3) is 0 Å². The lowest BCUT2D eigenvalue weighted by Crippen LogP contribution is -2.14. The molecule has 1 saturated carbocycles. The van der Waals surface area contributed by atoms with Crippen molar-refractivity contribution in [3.05, 3.63) is 29.8 Å².